The van der Waals surface area contributed by atoms with E-state index in [-0.39, 0.29) is 53.1 Å². The quantitative estimate of drug-likeness (QED) is 0.429. The van der Waals surface area contributed by atoms with Gasteiger partial charge in [-0.05, 0) is 79.7 Å². The maximum Gasteiger partial charge on any atom is 0.383 e. The summed E-state index contributed by atoms with van der Waals surface area (Å²) in [5.74, 6) is -1.24. The summed E-state index contributed by atoms with van der Waals surface area (Å²) in [6.45, 7) is 15.8. The van der Waals surface area contributed by atoms with Gasteiger partial charge in [-0.15, -0.1) is 0 Å². The maximum atomic E-state index is 15.0. The molecule has 0 spiro atoms. The van der Waals surface area contributed by atoms with Crippen LogP contribution in [0.15, 0.2) is 24.3 Å². The third-order valence-electron chi connectivity index (χ3n) is 7.69. The van der Waals surface area contributed by atoms with E-state index in [1.807, 2.05) is 27.7 Å². The minimum atomic E-state index is -3.68. The second kappa shape index (κ2) is 11.7. The molecule has 2 N–H and O–H groups in total. The fraction of sp³-hybridized carbons (Fsp3) is 0.742. The lowest BCUT2D eigenvalue weighted by Crippen LogP contribution is -2.60. The molecule has 3 aliphatic rings. The topological polar surface area (TPSA) is 104 Å². The number of carbonyl (C=O) groups is 2. The highest BCUT2D eigenvalue weighted by Crippen LogP contribution is 2.34. The summed E-state index contributed by atoms with van der Waals surface area (Å²) < 4.78 is 57.1. The highest BCUT2D eigenvalue weighted by Gasteiger charge is 2.43. The van der Waals surface area contributed by atoms with Crippen LogP contribution in [0.1, 0.15) is 97.0 Å². The first-order valence-corrected chi connectivity index (χ1v) is 14.6. The number of piperidine rings is 2. The number of hydrogen-bond acceptors (Lipinski definition) is 9. The smallest absolute Gasteiger partial charge is 0.383 e. The molecule has 0 radical (unpaired) electrons. The van der Waals surface area contributed by atoms with Crippen molar-refractivity contribution in [2.75, 3.05) is 13.2 Å². The van der Waals surface area contributed by atoms with Gasteiger partial charge in [0.25, 0.3) is 6.29 Å². The van der Waals surface area contributed by atoms with E-state index in [9.17, 15) is 18.4 Å². The summed E-state index contributed by atoms with van der Waals surface area (Å²) in [6, 6.07) is 4.88. The molecule has 0 bridgehead atoms. The van der Waals surface area contributed by atoms with Crippen LogP contribution in [-0.2, 0) is 34.6 Å². The molecule has 3 aliphatic heterocycles. The van der Waals surface area contributed by atoms with Gasteiger partial charge in [0.2, 0.25) is 0 Å². The van der Waals surface area contributed by atoms with E-state index in [1.165, 1.54) is 12.1 Å². The van der Waals surface area contributed by atoms with Gasteiger partial charge in [-0.1, -0.05) is 0 Å². The van der Waals surface area contributed by atoms with E-state index in [0.29, 0.717) is 25.7 Å². The maximum absolute atomic E-state index is 15.0. The van der Waals surface area contributed by atoms with Crippen LogP contribution in [0.25, 0.3) is 0 Å². The first-order valence-electron chi connectivity index (χ1n) is 14.6. The Hall–Kier alpha value is -2.18. The molecule has 236 valence electrons. The minimum absolute atomic E-state index is 0.176. The van der Waals surface area contributed by atoms with Gasteiger partial charge in [-0.3, -0.25) is 0 Å². The van der Waals surface area contributed by atoms with E-state index in [4.69, 9.17) is 23.7 Å². The fourth-order valence-corrected chi connectivity index (χ4v) is 6.83. The van der Waals surface area contributed by atoms with Crippen molar-refractivity contribution in [3.63, 3.8) is 0 Å². The summed E-state index contributed by atoms with van der Waals surface area (Å²) in [5.41, 5.74) is -1.10. The van der Waals surface area contributed by atoms with Gasteiger partial charge in [-0.2, -0.15) is 8.78 Å². The molecule has 3 fully saturated rings. The lowest BCUT2D eigenvalue weighted by molar-refractivity contribution is -0.316. The van der Waals surface area contributed by atoms with Gasteiger partial charge in [-0.25, -0.2) is 9.59 Å². The van der Waals surface area contributed by atoms with Crippen LogP contribution in [0.5, 0.6) is 0 Å². The largest absolute Gasteiger partial charge is 0.459 e. The SMILES string of the molecule is CC1(C)CC(OC(=O)c2ccc(C(F)(F)OC3COC(C(=O)OC4CC(C)(C)NC(C)(C)C4)OC3)cc2)CC(C)(C)N1. The van der Waals surface area contributed by atoms with Gasteiger partial charge in [0.05, 0.1) is 24.3 Å². The fourth-order valence-electron chi connectivity index (χ4n) is 6.83. The predicted molar refractivity (Wildman–Crippen MR) is 151 cm³/mol. The van der Waals surface area contributed by atoms with E-state index in [0.717, 1.165) is 12.1 Å². The van der Waals surface area contributed by atoms with Gasteiger partial charge in [0.1, 0.15) is 18.3 Å². The van der Waals surface area contributed by atoms with Crippen molar-refractivity contribution in [2.45, 2.75) is 134 Å². The van der Waals surface area contributed by atoms with Crippen LogP contribution in [0, 0.1) is 0 Å². The first kappa shape index (κ1) is 32.7. The normalized spacial score (nSPS) is 27.7. The van der Waals surface area contributed by atoms with Crippen LogP contribution in [0.4, 0.5) is 8.78 Å². The van der Waals surface area contributed by atoms with Gasteiger partial charge in [0.15, 0.2) is 0 Å². The molecule has 3 saturated heterocycles. The second-order valence-corrected chi connectivity index (χ2v) is 14.5. The third-order valence-corrected chi connectivity index (χ3v) is 7.69. The molecule has 0 aromatic heterocycles. The Morgan fingerprint density at radius 3 is 1.62 bits per heavy atom. The standard InChI is InChI=1S/C31H46F2N2O7/c1-27(2)13-21(14-28(3,4)34-27)40-24(36)19-9-11-20(12-10-19)31(32,33)42-23-17-38-26(39-18-23)25(37)41-22-15-29(5,6)35-30(7,8)16-22/h9-12,21-23,26,34-35H,13-18H2,1-8H3. The molecule has 9 nitrogen and oxygen atoms in total. The summed E-state index contributed by atoms with van der Waals surface area (Å²) in [4.78, 5) is 25.4. The first-order chi connectivity index (χ1) is 19.2. The van der Waals surface area contributed by atoms with Crippen LogP contribution in [0.2, 0.25) is 0 Å². The van der Waals surface area contributed by atoms with Gasteiger partial charge < -0.3 is 34.3 Å². The number of rotatable bonds is 7. The van der Waals surface area contributed by atoms with E-state index < -0.39 is 36.0 Å². The molecule has 1 aromatic rings. The Morgan fingerprint density at radius 2 is 1.17 bits per heavy atom. The van der Waals surface area contributed by atoms with Crippen molar-refractivity contribution in [1.29, 1.82) is 0 Å². The number of alkyl halides is 2. The van der Waals surface area contributed by atoms with Crippen molar-refractivity contribution in [3.05, 3.63) is 35.4 Å². The van der Waals surface area contributed by atoms with Crippen molar-refractivity contribution < 1.29 is 42.1 Å². The zero-order valence-electron chi connectivity index (χ0n) is 26.0. The van der Waals surface area contributed by atoms with E-state index >= 15 is 0 Å². The number of hydrogen-bond donors (Lipinski definition) is 2. The summed E-state index contributed by atoms with van der Waals surface area (Å²) in [7, 11) is 0. The van der Waals surface area contributed by atoms with Crippen LogP contribution in [0.3, 0.4) is 0 Å². The number of carbonyl (C=O) groups excluding carboxylic acids is 2. The van der Waals surface area contributed by atoms with Gasteiger partial charge >= 0.3 is 18.0 Å². The molecular formula is C31H46F2N2O7. The minimum Gasteiger partial charge on any atom is -0.459 e. The molecule has 0 saturated carbocycles. The Morgan fingerprint density at radius 1 is 0.738 bits per heavy atom. The molecule has 0 atom stereocenters. The number of esters is 2. The predicted octanol–water partition coefficient (Wildman–Crippen LogP) is 4.81. The van der Waals surface area contributed by atoms with Crippen LogP contribution in [-0.4, -0.2) is 71.9 Å². The Labute approximate surface area is 247 Å². The molecule has 0 amide bonds. The van der Waals surface area contributed by atoms with Crippen LogP contribution >= 0.6 is 0 Å². The zero-order chi connectivity index (χ0) is 31.1. The van der Waals surface area contributed by atoms with Crippen LogP contribution < -0.4 is 10.6 Å². The number of ether oxygens (including phenoxy) is 5. The zero-order valence-corrected chi connectivity index (χ0v) is 26.0. The molecular weight excluding hydrogens is 550 g/mol. The highest BCUT2D eigenvalue weighted by atomic mass is 19.3. The summed E-state index contributed by atoms with van der Waals surface area (Å²) >= 11 is 0. The molecule has 0 aliphatic carbocycles. The number of halogens is 2. The number of benzene rings is 1. The average molecular weight is 597 g/mol. The van der Waals surface area contributed by atoms with Gasteiger partial charge in [0, 0.05) is 47.8 Å². The Bertz CT molecular complexity index is 1100. The average Bonchev–Trinajstić information content (AvgIpc) is 2.80. The third kappa shape index (κ3) is 8.69. The Balaban J connectivity index is 1.26. The van der Waals surface area contributed by atoms with Crippen molar-refractivity contribution in [3.8, 4) is 0 Å². The molecule has 11 heteroatoms. The molecule has 1 aromatic carbocycles. The van der Waals surface area contributed by atoms with Crippen molar-refractivity contribution >= 4 is 11.9 Å². The van der Waals surface area contributed by atoms with Crippen molar-refractivity contribution in [2.24, 2.45) is 0 Å². The molecule has 0 unspecified atom stereocenters. The molecule has 4 rings (SSSR count). The molecule has 42 heavy (non-hydrogen) atoms. The van der Waals surface area contributed by atoms with E-state index in [2.05, 4.69) is 38.3 Å². The monoisotopic (exact) mass is 596 g/mol. The summed E-state index contributed by atoms with van der Waals surface area (Å²) in [6.07, 6.45) is -4.18. The van der Waals surface area contributed by atoms with Crippen molar-refractivity contribution in [1.82, 2.24) is 10.6 Å². The molecule has 3 heterocycles. The lowest BCUT2D eigenvalue weighted by Gasteiger charge is -2.46. The highest BCUT2D eigenvalue weighted by molar-refractivity contribution is 5.89. The number of nitrogens with one attached hydrogen (secondary N) is 2. The van der Waals surface area contributed by atoms with E-state index in [1.54, 1.807) is 0 Å². The summed E-state index contributed by atoms with van der Waals surface area (Å²) in [5, 5.41) is 7.05. The lowest BCUT2D eigenvalue weighted by atomic mass is 9.81. The Kier molecular flexibility index (Phi) is 9.14. The second-order valence-electron chi connectivity index (χ2n) is 14.5.